The first-order valence-electron chi connectivity index (χ1n) is 16.0. The van der Waals surface area contributed by atoms with E-state index in [1.807, 2.05) is 62.4 Å². The summed E-state index contributed by atoms with van der Waals surface area (Å²) >= 11 is 2.52. The third-order valence-corrected chi connectivity index (χ3v) is 9.28. The van der Waals surface area contributed by atoms with Gasteiger partial charge in [-0.2, -0.15) is 10.5 Å². The van der Waals surface area contributed by atoms with Gasteiger partial charge in [-0.25, -0.2) is 9.97 Å². The van der Waals surface area contributed by atoms with Gasteiger partial charge in [0.1, 0.15) is 23.6 Å². The molecule has 14 heteroatoms. The molecule has 0 spiro atoms. The molecule has 0 fully saturated rings. The number of imidazole rings is 2. The van der Waals surface area contributed by atoms with Crippen molar-refractivity contribution in [1.29, 1.82) is 10.5 Å². The van der Waals surface area contributed by atoms with Gasteiger partial charge in [-0.05, 0) is 79.9 Å². The van der Waals surface area contributed by atoms with Crippen LogP contribution in [0, 0.1) is 22.7 Å². The van der Waals surface area contributed by atoms with E-state index in [9.17, 15) is 20.1 Å². The molecule has 12 nitrogen and oxygen atoms in total. The number of H-pyrrole nitrogens is 2. The standard InChI is InChI=1S/C37H32N8O4S2/c1-3-48-26-7-11-30-32(16-26)44-36(42-30)50-20-34(46)40-28-9-5-22(14-24(28)18-38)13-23-6-10-29(25(15-23)19-39)41-35(47)21-51-37-43-31-12-8-27(49-4-2)17-33(31)45-37/h5-12,14-17H,3-4,13,20-21H2,1-2H3,(H,40,46)(H,41,47)(H,42,44)(H,43,45). The predicted molar refractivity (Wildman–Crippen MR) is 198 cm³/mol. The van der Waals surface area contributed by atoms with Crippen molar-refractivity contribution >= 4 is 68.8 Å². The number of hydrogen-bond acceptors (Lipinski definition) is 10. The second-order valence-corrected chi connectivity index (χ2v) is 13.1. The van der Waals surface area contributed by atoms with Gasteiger partial charge in [0.15, 0.2) is 10.3 Å². The summed E-state index contributed by atoms with van der Waals surface area (Å²) in [6.45, 7) is 4.96. The van der Waals surface area contributed by atoms with Gasteiger partial charge < -0.3 is 30.1 Å². The molecule has 4 N–H and O–H groups in total. The van der Waals surface area contributed by atoms with E-state index < -0.39 is 0 Å². The lowest BCUT2D eigenvalue weighted by molar-refractivity contribution is -0.114. The van der Waals surface area contributed by atoms with Gasteiger partial charge in [0.05, 0.1) is 69.3 Å². The number of hydrogen-bond donors (Lipinski definition) is 4. The van der Waals surface area contributed by atoms with Gasteiger partial charge in [0, 0.05) is 12.1 Å². The summed E-state index contributed by atoms with van der Waals surface area (Å²) in [5, 5.41) is 26.5. The van der Waals surface area contributed by atoms with E-state index in [-0.39, 0.29) is 23.3 Å². The van der Waals surface area contributed by atoms with E-state index in [4.69, 9.17) is 9.47 Å². The number of rotatable bonds is 14. The van der Waals surface area contributed by atoms with Crippen molar-refractivity contribution in [2.24, 2.45) is 0 Å². The quantitative estimate of drug-likeness (QED) is 0.0854. The Balaban J connectivity index is 1.03. The molecule has 6 rings (SSSR count). The van der Waals surface area contributed by atoms with Crippen LogP contribution in [-0.4, -0.2) is 56.5 Å². The molecule has 0 aliphatic rings. The summed E-state index contributed by atoms with van der Waals surface area (Å²) in [5.41, 5.74) is 6.28. The number of thioether (sulfide) groups is 2. The minimum absolute atomic E-state index is 0.0961. The highest BCUT2D eigenvalue weighted by Gasteiger charge is 2.14. The second kappa shape index (κ2) is 16.2. The SMILES string of the molecule is CCOc1ccc2nc(SCC(=O)Nc3ccc(Cc4ccc(NC(=O)CSc5nc6ccc(OCC)cc6[nH]5)c(C#N)c4)cc3C#N)[nH]c2c1. The van der Waals surface area contributed by atoms with Gasteiger partial charge in [-0.15, -0.1) is 0 Å². The first-order chi connectivity index (χ1) is 24.8. The molecule has 2 aromatic heterocycles. The van der Waals surface area contributed by atoms with Crippen molar-refractivity contribution < 1.29 is 19.1 Å². The fraction of sp³-hybridized carbons (Fsp3) is 0.189. The number of carbonyl (C=O) groups is 2. The van der Waals surface area contributed by atoms with E-state index >= 15 is 0 Å². The monoisotopic (exact) mass is 716 g/mol. The first kappa shape index (κ1) is 34.9. The van der Waals surface area contributed by atoms with E-state index in [2.05, 4.69) is 42.7 Å². The third-order valence-electron chi connectivity index (χ3n) is 7.53. The molecular formula is C37H32N8O4S2. The maximum absolute atomic E-state index is 12.8. The van der Waals surface area contributed by atoms with Crippen LogP contribution in [-0.2, 0) is 16.0 Å². The lowest BCUT2D eigenvalue weighted by Crippen LogP contribution is -2.15. The number of nitriles is 2. The highest BCUT2D eigenvalue weighted by atomic mass is 32.2. The Bertz CT molecular complexity index is 2160. The topological polar surface area (TPSA) is 182 Å². The summed E-state index contributed by atoms with van der Waals surface area (Å²) in [4.78, 5) is 41.0. The van der Waals surface area contributed by atoms with Crippen molar-refractivity contribution in [3.8, 4) is 23.6 Å². The molecule has 0 saturated heterocycles. The minimum Gasteiger partial charge on any atom is -0.494 e. The average molecular weight is 717 g/mol. The number of nitrogens with zero attached hydrogens (tertiary/aromatic N) is 4. The Morgan fingerprint density at radius 3 is 1.55 bits per heavy atom. The van der Waals surface area contributed by atoms with Crippen molar-refractivity contribution in [3.63, 3.8) is 0 Å². The number of ether oxygens (including phenoxy) is 2. The maximum atomic E-state index is 12.8. The summed E-state index contributed by atoms with van der Waals surface area (Å²) in [6.07, 6.45) is 0.436. The average Bonchev–Trinajstić information content (AvgIpc) is 3.74. The molecular weight excluding hydrogens is 685 g/mol. The molecule has 51 heavy (non-hydrogen) atoms. The molecule has 0 radical (unpaired) electrons. The van der Waals surface area contributed by atoms with Crippen LogP contribution < -0.4 is 20.1 Å². The van der Waals surface area contributed by atoms with Gasteiger partial charge in [0.25, 0.3) is 0 Å². The minimum atomic E-state index is -0.275. The number of nitrogens with one attached hydrogen (secondary N) is 4. The molecule has 6 aromatic rings. The van der Waals surface area contributed by atoms with E-state index in [1.165, 1.54) is 23.5 Å². The van der Waals surface area contributed by atoms with Crippen molar-refractivity contribution in [2.45, 2.75) is 30.6 Å². The number of aromatic amines is 2. The van der Waals surface area contributed by atoms with Crippen molar-refractivity contribution in [2.75, 3.05) is 35.4 Å². The van der Waals surface area contributed by atoms with Crippen LogP contribution in [0.1, 0.15) is 36.1 Å². The predicted octanol–water partition coefficient (Wildman–Crippen LogP) is 7.03. The molecule has 256 valence electrons. The van der Waals surface area contributed by atoms with Crippen LogP contribution >= 0.6 is 23.5 Å². The number of amides is 2. The van der Waals surface area contributed by atoms with E-state index in [0.717, 1.165) is 44.7 Å². The Labute approximate surface area is 302 Å². The third kappa shape index (κ3) is 8.80. The first-order valence-corrected chi connectivity index (χ1v) is 18.0. The maximum Gasteiger partial charge on any atom is 0.234 e. The number of benzene rings is 4. The summed E-state index contributed by atoms with van der Waals surface area (Å²) in [7, 11) is 0. The fourth-order valence-corrected chi connectivity index (χ4v) is 6.63. The molecule has 0 atom stereocenters. The normalized spacial score (nSPS) is 10.8. The van der Waals surface area contributed by atoms with Crippen LogP contribution in [0.4, 0.5) is 11.4 Å². The van der Waals surface area contributed by atoms with Gasteiger partial charge >= 0.3 is 0 Å². The van der Waals surface area contributed by atoms with Crippen molar-refractivity contribution in [3.05, 3.63) is 95.1 Å². The molecule has 2 amide bonds. The van der Waals surface area contributed by atoms with E-state index in [1.54, 1.807) is 24.3 Å². The Morgan fingerprint density at radius 1 is 0.686 bits per heavy atom. The number of anilines is 2. The van der Waals surface area contributed by atoms with Gasteiger partial charge in [0.2, 0.25) is 11.8 Å². The van der Waals surface area contributed by atoms with E-state index in [0.29, 0.717) is 52.4 Å². The molecule has 0 bridgehead atoms. The lowest BCUT2D eigenvalue weighted by atomic mass is 10.00. The molecule has 0 aliphatic carbocycles. The molecule has 0 unspecified atom stereocenters. The zero-order valence-electron chi connectivity index (χ0n) is 27.7. The highest BCUT2D eigenvalue weighted by molar-refractivity contribution is 8.00. The zero-order chi connectivity index (χ0) is 35.7. The van der Waals surface area contributed by atoms with Crippen molar-refractivity contribution in [1.82, 2.24) is 19.9 Å². The lowest BCUT2D eigenvalue weighted by Gasteiger charge is -2.11. The van der Waals surface area contributed by atoms with Crippen LogP contribution in [0.5, 0.6) is 11.5 Å². The zero-order valence-corrected chi connectivity index (χ0v) is 29.3. The number of aromatic nitrogens is 4. The van der Waals surface area contributed by atoms with Crippen LogP contribution in [0.3, 0.4) is 0 Å². The summed E-state index contributed by atoms with van der Waals surface area (Å²) < 4.78 is 11.1. The largest absolute Gasteiger partial charge is 0.494 e. The Hall–Kier alpha value is -5.96. The summed E-state index contributed by atoms with van der Waals surface area (Å²) in [5.74, 6) is 1.12. The number of fused-ring (bicyclic) bond motifs is 2. The molecule has 2 heterocycles. The smallest absolute Gasteiger partial charge is 0.234 e. The fourth-order valence-electron chi connectivity index (χ4n) is 5.26. The van der Waals surface area contributed by atoms with Crippen LogP contribution in [0.2, 0.25) is 0 Å². The molecule has 0 aliphatic heterocycles. The van der Waals surface area contributed by atoms with Gasteiger partial charge in [-0.1, -0.05) is 35.7 Å². The highest BCUT2D eigenvalue weighted by Crippen LogP contribution is 2.27. The van der Waals surface area contributed by atoms with Crippen LogP contribution in [0.25, 0.3) is 22.1 Å². The Kier molecular flexibility index (Phi) is 11.1. The van der Waals surface area contributed by atoms with Gasteiger partial charge in [-0.3, -0.25) is 9.59 Å². The molecule has 0 saturated carbocycles. The summed E-state index contributed by atoms with van der Waals surface area (Å²) in [6, 6.07) is 26.0. The second-order valence-electron chi connectivity index (χ2n) is 11.1. The molecule has 4 aromatic carbocycles. The Morgan fingerprint density at radius 2 is 1.14 bits per heavy atom. The number of carbonyl (C=O) groups excluding carboxylic acids is 2. The van der Waals surface area contributed by atoms with Crippen LogP contribution in [0.15, 0.2) is 83.1 Å².